The third-order valence-corrected chi connectivity index (χ3v) is 5.96. The van der Waals surface area contributed by atoms with Gasteiger partial charge in [-0.3, -0.25) is 4.79 Å². The number of rotatable bonds is 3. The van der Waals surface area contributed by atoms with E-state index in [9.17, 15) is 18.0 Å². The first-order chi connectivity index (χ1) is 13.2. The standard InChI is InChI=1S/C20H25F3N4O.ClH/c1-26(2)19(28)17-12-25-11-16(17)13-5-7-27(8-6-13)15-4-3-14(10-24)18(9-15)20(21,22)23;/h3-4,9,13,16-17,25H,5-8,11-12H2,1-2H3;1H/t16-,17+;/m0./s1. The van der Waals surface area contributed by atoms with Gasteiger partial charge in [0.25, 0.3) is 0 Å². The van der Waals surface area contributed by atoms with Crippen LogP contribution >= 0.6 is 12.4 Å². The van der Waals surface area contributed by atoms with Crippen LogP contribution in [0.25, 0.3) is 0 Å². The smallest absolute Gasteiger partial charge is 0.372 e. The molecule has 2 fully saturated rings. The number of nitrogens with one attached hydrogen (secondary N) is 1. The molecule has 1 amide bonds. The maximum absolute atomic E-state index is 13.2. The molecule has 29 heavy (non-hydrogen) atoms. The van der Waals surface area contributed by atoms with E-state index in [0.717, 1.165) is 25.5 Å². The molecule has 1 aromatic carbocycles. The number of hydrogen-bond donors (Lipinski definition) is 1. The summed E-state index contributed by atoms with van der Waals surface area (Å²) in [7, 11) is 3.53. The first-order valence-corrected chi connectivity index (χ1v) is 9.50. The first kappa shape index (κ1) is 23.3. The molecule has 0 radical (unpaired) electrons. The number of benzene rings is 1. The summed E-state index contributed by atoms with van der Waals surface area (Å²) in [6.07, 6.45) is -2.87. The number of nitriles is 1. The number of alkyl halides is 3. The van der Waals surface area contributed by atoms with Crippen LogP contribution in [-0.2, 0) is 11.0 Å². The summed E-state index contributed by atoms with van der Waals surface area (Å²) in [6, 6.07) is 5.53. The van der Waals surface area contributed by atoms with E-state index in [1.165, 1.54) is 6.07 Å². The molecule has 2 aliphatic rings. The summed E-state index contributed by atoms with van der Waals surface area (Å²) < 4.78 is 39.7. The highest BCUT2D eigenvalue weighted by Gasteiger charge is 2.40. The third-order valence-electron chi connectivity index (χ3n) is 5.96. The Balaban J connectivity index is 0.00000300. The lowest BCUT2D eigenvalue weighted by atomic mass is 9.78. The molecule has 2 saturated heterocycles. The van der Waals surface area contributed by atoms with E-state index in [2.05, 4.69) is 5.32 Å². The van der Waals surface area contributed by atoms with Crippen molar-refractivity contribution >= 4 is 24.0 Å². The van der Waals surface area contributed by atoms with Crippen LogP contribution in [0.2, 0.25) is 0 Å². The number of anilines is 1. The molecule has 2 aliphatic heterocycles. The SMILES string of the molecule is CN(C)C(=O)[C@@H]1CNC[C@H]1C1CCN(c2ccc(C#N)c(C(F)(F)F)c2)CC1.Cl. The highest BCUT2D eigenvalue weighted by molar-refractivity contribution is 5.85. The van der Waals surface area contributed by atoms with Gasteiger partial charge in [-0.1, -0.05) is 0 Å². The summed E-state index contributed by atoms with van der Waals surface area (Å²) in [5.74, 6) is 0.752. The molecule has 5 nitrogen and oxygen atoms in total. The molecule has 2 heterocycles. The van der Waals surface area contributed by atoms with E-state index in [4.69, 9.17) is 5.26 Å². The number of carbonyl (C=O) groups is 1. The predicted molar refractivity (Wildman–Crippen MR) is 107 cm³/mol. The molecule has 0 bridgehead atoms. The van der Waals surface area contributed by atoms with Crippen molar-refractivity contribution in [3.63, 3.8) is 0 Å². The molecule has 9 heteroatoms. The second kappa shape index (κ2) is 9.23. The predicted octanol–water partition coefficient (Wildman–Crippen LogP) is 3.14. The van der Waals surface area contributed by atoms with Crippen molar-refractivity contribution in [2.45, 2.75) is 19.0 Å². The van der Waals surface area contributed by atoms with Crippen LogP contribution in [-0.4, -0.2) is 51.1 Å². The fraction of sp³-hybridized carbons (Fsp3) is 0.600. The lowest BCUT2D eigenvalue weighted by molar-refractivity contribution is -0.137. The topological polar surface area (TPSA) is 59.4 Å². The van der Waals surface area contributed by atoms with Crippen LogP contribution in [0, 0.1) is 29.1 Å². The molecule has 160 valence electrons. The average Bonchev–Trinajstić information content (AvgIpc) is 3.16. The van der Waals surface area contributed by atoms with Gasteiger partial charge in [0.15, 0.2) is 0 Å². The molecule has 0 aromatic heterocycles. The van der Waals surface area contributed by atoms with Crippen molar-refractivity contribution in [2.24, 2.45) is 17.8 Å². The van der Waals surface area contributed by atoms with Gasteiger partial charge in [-0.2, -0.15) is 18.4 Å². The van der Waals surface area contributed by atoms with Gasteiger partial charge in [0.05, 0.1) is 23.1 Å². The number of halogens is 4. The van der Waals surface area contributed by atoms with Crippen LogP contribution < -0.4 is 10.2 Å². The van der Waals surface area contributed by atoms with Crippen LogP contribution in [0.4, 0.5) is 18.9 Å². The van der Waals surface area contributed by atoms with Crippen molar-refractivity contribution in [3.05, 3.63) is 29.3 Å². The van der Waals surface area contributed by atoms with Gasteiger partial charge in [-0.25, -0.2) is 0 Å². The number of amides is 1. The molecule has 0 saturated carbocycles. The Morgan fingerprint density at radius 3 is 2.45 bits per heavy atom. The molecule has 0 unspecified atom stereocenters. The second-order valence-corrected chi connectivity index (χ2v) is 7.83. The van der Waals surface area contributed by atoms with Crippen LogP contribution in [0.15, 0.2) is 18.2 Å². The number of hydrogen-bond acceptors (Lipinski definition) is 4. The maximum atomic E-state index is 13.2. The van der Waals surface area contributed by atoms with Crippen molar-refractivity contribution in [1.29, 1.82) is 5.26 Å². The molecular formula is C20H26ClF3N4O. The van der Waals surface area contributed by atoms with Crippen LogP contribution in [0.5, 0.6) is 0 Å². The summed E-state index contributed by atoms with van der Waals surface area (Å²) in [6.45, 7) is 2.79. The summed E-state index contributed by atoms with van der Waals surface area (Å²) >= 11 is 0. The fourth-order valence-corrected chi connectivity index (χ4v) is 4.44. The molecule has 1 N–H and O–H groups in total. The molecule has 2 atom stereocenters. The van der Waals surface area contributed by atoms with Gasteiger partial charge in [-0.15, -0.1) is 12.4 Å². The van der Waals surface area contributed by atoms with E-state index >= 15 is 0 Å². The van der Waals surface area contributed by atoms with Gasteiger partial charge in [0, 0.05) is 39.4 Å². The van der Waals surface area contributed by atoms with Crippen molar-refractivity contribution in [1.82, 2.24) is 10.2 Å². The van der Waals surface area contributed by atoms with Gasteiger partial charge in [0.1, 0.15) is 0 Å². The second-order valence-electron chi connectivity index (χ2n) is 7.83. The molecule has 1 aromatic rings. The number of piperidine rings is 1. The zero-order valence-electron chi connectivity index (χ0n) is 16.5. The lowest BCUT2D eigenvalue weighted by Gasteiger charge is -2.38. The van der Waals surface area contributed by atoms with Gasteiger partial charge in [-0.05, 0) is 49.4 Å². The summed E-state index contributed by atoms with van der Waals surface area (Å²) in [5, 5.41) is 12.3. The average molecular weight is 431 g/mol. The minimum atomic E-state index is -4.55. The largest absolute Gasteiger partial charge is 0.417 e. The number of nitrogens with zero attached hydrogens (tertiary/aromatic N) is 3. The van der Waals surface area contributed by atoms with Crippen molar-refractivity contribution in [2.75, 3.05) is 45.2 Å². The third kappa shape index (κ3) is 4.96. The highest BCUT2D eigenvalue weighted by Crippen LogP contribution is 2.37. The highest BCUT2D eigenvalue weighted by atomic mass is 35.5. The van der Waals surface area contributed by atoms with Crippen LogP contribution in [0.1, 0.15) is 24.0 Å². The fourth-order valence-electron chi connectivity index (χ4n) is 4.44. The zero-order valence-corrected chi connectivity index (χ0v) is 17.3. The number of carbonyl (C=O) groups excluding carboxylic acids is 1. The Kier molecular flexibility index (Phi) is 7.41. The summed E-state index contributed by atoms with van der Waals surface area (Å²) in [5.41, 5.74) is -0.741. The van der Waals surface area contributed by atoms with Crippen molar-refractivity contribution < 1.29 is 18.0 Å². The first-order valence-electron chi connectivity index (χ1n) is 9.50. The molecule has 0 spiro atoms. The Morgan fingerprint density at radius 2 is 1.90 bits per heavy atom. The van der Waals surface area contributed by atoms with E-state index < -0.39 is 11.7 Å². The summed E-state index contributed by atoms with van der Waals surface area (Å²) in [4.78, 5) is 16.0. The quantitative estimate of drug-likeness (QED) is 0.800. The Bertz CT molecular complexity index is 770. The minimum Gasteiger partial charge on any atom is -0.372 e. The molecular weight excluding hydrogens is 405 g/mol. The van der Waals surface area contributed by atoms with E-state index in [0.29, 0.717) is 31.2 Å². The minimum absolute atomic E-state index is 0. The Labute approximate surface area is 175 Å². The van der Waals surface area contributed by atoms with E-state index in [1.54, 1.807) is 31.1 Å². The van der Waals surface area contributed by atoms with Gasteiger partial charge >= 0.3 is 6.18 Å². The van der Waals surface area contributed by atoms with Gasteiger partial charge in [0.2, 0.25) is 5.91 Å². The van der Waals surface area contributed by atoms with Gasteiger partial charge < -0.3 is 15.1 Å². The monoisotopic (exact) mass is 430 g/mol. The van der Waals surface area contributed by atoms with E-state index in [-0.39, 0.29) is 35.7 Å². The Hall–Kier alpha value is -1.98. The van der Waals surface area contributed by atoms with Crippen molar-refractivity contribution in [3.8, 4) is 6.07 Å². The maximum Gasteiger partial charge on any atom is 0.417 e. The molecule has 0 aliphatic carbocycles. The zero-order chi connectivity index (χ0) is 20.5. The normalized spacial score (nSPS) is 22.7. The van der Waals surface area contributed by atoms with Crippen LogP contribution in [0.3, 0.4) is 0 Å². The molecule has 3 rings (SSSR count). The lowest BCUT2D eigenvalue weighted by Crippen LogP contribution is -2.41. The van der Waals surface area contributed by atoms with E-state index in [1.807, 2.05) is 4.90 Å². The Morgan fingerprint density at radius 1 is 1.24 bits per heavy atom.